The molecule has 1 atom stereocenters. The predicted molar refractivity (Wildman–Crippen MR) is 105 cm³/mol. The minimum atomic E-state index is -4.62. The quantitative estimate of drug-likeness (QED) is 0.558. The number of thiazole rings is 1. The molecule has 7 nitrogen and oxygen atoms in total. The molecule has 0 amide bonds. The van der Waals surface area contributed by atoms with Crippen LogP contribution < -0.4 is 20.7 Å². The van der Waals surface area contributed by atoms with Gasteiger partial charge in [0.1, 0.15) is 27.5 Å². The van der Waals surface area contributed by atoms with Crippen molar-refractivity contribution in [3.63, 3.8) is 0 Å². The molecule has 3 aromatic rings. The van der Waals surface area contributed by atoms with E-state index in [1.54, 1.807) is 18.2 Å². The fraction of sp³-hybridized carbons (Fsp3) is 0.167. The van der Waals surface area contributed by atoms with Crippen molar-refractivity contribution in [2.24, 2.45) is 5.14 Å². The molecule has 1 unspecified atom stereocenters. The summed E-state index contributed by atoms with van der Waals surface area (Å²) < 4.78 is 69.3. The lowest BCUT2D eigenvalue weighted by atomic mass is 9.91. The van der Waals surface area contributed by atoms with E-state index in [0.29, 0.717) is 21.8 Å². The van der Waals surface area contributed by atoms with Gasteiger partial charge in [-0.25, -0.2) is 24.0 Å². The Morgan fingerprint density at radius 1 is 1.17 bits per heavy atom. The van der Waals surface area contributed by atoms with Crippen LogP contribution in [-0.4, -0.2) is 26.7 Å². The highest BCUT2D eigenvalue weighted by Gasteiger charge is 2.47. The van der Waals surface area contributed by atoms with Crippen LogP contribution in [0.5, 0.6) is 5.75 Å². The van der Waals surface area contributed by atoms with Crippen molar-refractivity contribution in [2.75, 3.05) is 7.11 Å². The number of ether oxygens (including phenoxy) is 1. The Morgan fingerprint density at radius 2 is 1.87 bits per heavy atom. The summed E-state index contributed by atoms with van der Waals surface area (Å²) in [4.78, 5) is 4.38. The number of halogens is 3. The number of benzene rings is 2. The number of aromatic nitrogens is 1. The maximum Gasteiger partial charge on any atom is 0.432 e. The number of hydrazine groups is 1. The van der Waals surface area contributed by atoms with Gasteiger partial charge in [-0.3, -0.25) is 0 Å². The minimum Gasteiger partial charge on any atom is -0.494 e. The van der Waals surface area contributed by atoms with E-state index in [-0.39, 0.29) is 4.90 Å². The van der Waals surface area contributed by atoms with E-state index in [4.69, 9.17) is 9.88 Å². The van der Waals surface area contributed by atoms with Crippen LogP contribution in [0.1, 0.15) is 10.6 Å². The Balaban J connectivity index is 1.93. The fourth-order valence-electron chi connectivity index (χ4n) is 3.17. The zero-order valence-electron chi connectivity index (χ0n) is 15.3. The summed E-state index contributed by atoms with van der Waals surface area (Å²) in [6, 6.07) is 10.5. The SMILES string of the molecule is COc1cccc2sc(C3(c4ccc(S(N)(=O)=O)cc4)C=C(C(F)(F)F)NN3)nc12. The molecule has 0 spiro atoms. The van der Waals surface area contributed by atoms with Gasteiger partial charge in [-0.2, -0.15) is 13.2 Å². The molecular formula is C18H15F3N4O3S2. The Kier molecular flexibility index (Phi) is 4.77. The highest BCUT2D eigenvalue weighted by atomic mass is 32.2. The molecule has 4 N–H and O–H groups in total. The third-order valence-electron chi connectivity index (χ3n) is 4.64. The third kappa shape index (κ3) is 3.41. The van der Waals surface area contributed by atoms with Crippen LogP contribution >= 0.6 is 11.3 Å². The first-order chi connectivity index (χ1) is 14.0. The highest BCUT2D eigenvalue weighted by Crippen LogP contribution is 2.42. The maximum atomic E-state index is 13.4. The standard InChI is InChI=1S/C18H15F3N4O3S2/c1-28-12-3-2-4-13-15(12)23-16(29-13)17(9-14(24-25-17)18(19,20)21)10-5-7-11(8-6-10)30(22,26)27/h2-9,24-25H,1H3,(H2,22,26,27). The Labute approximate surface area is 173 Å². The monoisotopic (exact) mass is 456 g/mol. The number of methoxy groups -OCH3 is 1. The smallest absolute Gasteiger partial charge is 0.432 e. The fourth-order valence-corrected chi connectivity index (χ4v) is 4.80. The molecule has 0 saturated carbocycles. The molecule has 158 valence electrons. The van der Waals surface area contributed by atoms with Gasteiger partial charge in [-0.1, -0.05) is 18.2 Å². The number of primary sulfonamides is 1. The molecule has 2 aromatic carbocycles. The Hall–Kier alpha value is -2.67. The number of hydrogen-bond donors (Lipinski definition) is 3. The number of rotatable bonds is 4. The molecular weight excluding hydrogens is 441 g/mol. The second kappa shape index (κ2) is 6.94. The van der Waals surface area contributed by atoms with E-state index in [1.807, 2.05) is 0 Å². The average molecular weight is 456 g/mol. The van der Waals surface area contributed by atoms with E-state index in [0.717, 1.165) is 10.8 Å². The summed E-state index contributed by atoms with van der Waals surface area (Å²) >= 11 is 1.19. The summed E-state index contributed by atoms with van der Waals surface area (Å²) in [6.45, 7) is 0. The number of sulfonamides is 1. The van der Waals surface area contributed by atoms with E-state index in [2.05, 4.69) is 15.8 Å². The van der Waals surface area contributed by atoms with Crippen molar-refractivity contribution in [1.29, 1.82) is 0 Å². The summed E-state index contributed by atoms with van der Waals surface area (Å²) in [5.41, 5.74) is 3.25. The van der Waals surface area contributed by atoms with Gasteiger partial charge in [0.05, 0.1) is 16.7 Å². The first-order valence-corrected chi connectivity index (χ1v) is 10.8. The molecule has 1 aliphatic heterocycles. The lowest BCUT2D eigenvalue weighted by Crippen LogP contribution is -2.44. The second-order valence-corrected chi connectivity index (χ2v) is 9.10. The largest absolute Gasteiger partial charge is 0.494 e. The number of alkyl halides is 3. The first kappa shape index (κ1) is 20.6. The molecule has 0 fully saturated rings. The van der Waals surface area contributed by atoms with Crippen LogP contribution in [0.2, 0.25) is 0 Å². The summed E-state index contributed by atoms with van der Waals surface area (Å²) in [6.07, 6.45) is -3.63. The molecule has 4 rings (SSSR count). The normalized spacial score (nSPS) is 19.6. The van der Waals surface area contributed by atoms with Crippen molar-refractivity contribution in [2.45, 2.75) is 16.6 Å². The maximum absolute atomic E-state index is 13.4. The summed E-state index contributed by atoms with van der Waals surface area (Å²) in [5.74, 6) is 0.487. The highest BCUT2D eigenvalue weighted by molar-refractivity contribution is 7.89. The zero-order chi connectivity index (χ0) is 21.7. The number of hydrogen-bond acceptors (Lipinski definition) is 7. The van der Waals surface area contributed by atoms with Gasteiger partial charge in [0.15, 0.2) is 0 Å². The minimum absolute atomic E-state index is 0.154. The zero-order valence-corrected chi connectivity index (χ0v) is 17.0. The topological polar surface area (TPSA) is 106 Å². The van der Waals surface area contributed by atoms with Gasteiger partial charge >= 0.3 is 6.18 Å². The Bertz CT molecular complexity index is 1250. The van der Waals surface area contributed by atoms with Crippen LogP contribution in [0, 0.1) is 0 Å². The lowest BCUT2D eigenvalue weighted by Gasteiger charge is -2.25. The lowest BCUT2D eigenvalue weighted by molar-refractivity contribution is -0.0965. The van der Waals surface area contributed by atoms with Crippen LogP contribution in [0.4, 0.5) is 13.2 Å². The number of para-hydroxylation sites is 1. The number of allylic oxidation sites excluding steroid dienone is 1. The van der Waals surface area contributed by atoms with Crippen LogP contribution in [-0.2, 0) is 15.6 Å². The predicted octanol–water partition coefficient (Wildman–Crippen LogP) is 2.75. The van der Waals surface area contributed by atoms with Crippen molar-refractivity contribution in [1.82, 2.24) is 15.8 Å². The number of nitrogens with one attached hydrogen (secondary N) is 2. The molecule has 0 aliphatic carbocycles. The van der Waals surface area contributed by atoms with Gasteiger partial charge in [0, 0.05) is 0 Å². The molecule has 0 bridgehead atoms. The van der Waals surface area contributed by atoms with Crippen molar-refractivity contribution >= 4 is 31.6 Å². The first-order valence-electron chi connectivity index (χ1n) is 8.45. The number of nitrogens with two attached hydrogens (primary N) is 1. The number of fused-ring (bicyclic) bond motifs is 1. The molecule has 2 heterocycles. The van der Waals surface area contributed by atoms with E-state index in [9.17, 15) is 21.6 Å². The van der Waals surface area contributed by atoms with E-state index >= 15 is 0 Å². The van der Waals surface area contributed by atoms with E-state index < -0.39 is 27.4 Å². The van der Waals surface area contributed by atoms with Gasteiger partial charge in [0.25, 0.3) is 0 Å². The molecule has 1 aromatic heterocycles. The second-order valence-electron chi connectivity index (χ2n) is 6.51. The number of nitrogens with zero attached hydrogens (tertiary/aromatic N) is 1. The summed E-state index contributed by atoms with van der Waals surface area (Å²) in [7, 11) is -2.47. The third-order valence-corrected chi connectivity index (χ3v) is 6.72. The molecule has 30 heavy (non-hydrogen) atoms. The molecule has 0 saturated heterocycles. The van der Waals surface area contributed by atoms with Crippen LogP contribution in [0.15, 0.2) is 59.1 Å². The van der Waals surface area contributed by atoms with Gasteiger partial charge in [-0.05, 0) is 35.9 Å². The van der Waals surface area contributed by atoms with Gasteiger partial charge in [-0.15, -0.1) is 11.3 Å². The van der Waals surface area contributed by atoms with E-state index in [1.165, 1.54) is 42.7 Å². The van der Waals surface area contributed by atoms with Gasteiger partial charge in [0.2, 0.25) is 10.0 Å². The van der Waals surface area contributed by atoms with Gasteiger partial charge < -0.3 is 10.2 Å². The Morgan fingerprint density at radius 3 is 2.43 bits per heavy atom. The molecule has 12 heteroatoms. The van der Waals surface area contributed by atoms with Crippen molar-refractivity contribution in [3.05, 3.63) is 64.8 Å². The van der Waals surface area contributed by atoms with Crippen molar-refractivity contribution < 1.29 is 26.3 Å². The molecule has 1 aliphatic rings. The van der Waals surface area contributed by atoms with Crippen LogP contribution in [0.25, 0.3) is 10.2 Å². The van der Waals surface area contributed by atoms with Crippen molar-refractivity contribution in [3.8, 4) is 5.75 Å². The summed E-state index contributed by atoms with van der Waals surface area (Å²) in [5, 5.41) is 5.44. The average Bonchev–Trinajstić information content (AvgIpc) is 3.32. The van der Waals surface area contributed by atoms with Crippen LogP contribution in [0.3, 0.4) is 0 Å². The molecule has 0 radical (unpaired) electrons.